The van der Waals surface area contributed by atoms with Crippen LogP contribution in [0.4, 0.5) is 0 Å². The molecule has 0 saturated carbocycles. The third-order valence-corrected chi connectivity index (χ3v) is 0.609. The Morgan fingerprint density at radius 2 is 0.944 bits per heavy atom. The van der Waals surface area contributed by atoms with Gasteiger partial charge in [-0.1, -0.05) is 0 Å². The van der Waals surface area contributed by atoms with E-state index in [1.54, 1.807) is 0 Å². The molecule has 0 rings (SSSR count). The molecular formula is C8H12NNaO8. The van der Waals surface area contributed by atoms with Crippen LogP contribution in [0.5, 0.6) is 0 Å². The molecular weight excluding hydrogens is 261 g/mol. The predicted octanol–water partition coefficient (Wildman–Crippen LogP) is -4.52. The van der Waals surface area contributed by atoms with Gasteiger partial charge in [0.2, 0.25) is 5.39 Å². The molecule has 0 aromatic rings. The zero-order chi connectivity index (χ0) is 14.0. The van der Waals surface area contributed by atoms with Crippen LogP contribution in [0.15, 0.2) is 0 Å². The van der Waals surface area contributed by atoms with Gasteiger partial charge in [0.1, 0.15) is 0 Å². The quantitative estimate of drug-likeness (QED) is 0.369. The average Bonchev–Trinajstić information content (AvgIpc) is 1.96. The fourth-order valence-corrected chi connectivity index (χ4v) is 0.371. The second-order valence-electron chi connectivity index (χ2n) is 2.46. The van der Waals surface area contributed by atoms with Crippen LogP contribution in [0.1, 0.15) is 27.7 Å². The topological polar surface area (TPSA) is 122 Å². The molecule has 0 fully saturated rings. The Bertz CT molecular complexity index is 263. The number of carboxylic acids is 1. The summed E-state index contributed by atoms with van der Waals surface area (Å²) < 4.78 is 0. The molecule has 0 aromatic heterocycles. The maximum Gasteiger partial charge on any atom is 1.00 e. The molecule has 18 heavy (non-hydrogen) atoms. The van der Waals surface area contributed by atoms with Gasteiger partial charge in [0.25, 0.3) is 0 Å². The Morgan fingerprint density at radius 1 is 0.778 bits per heavy atom. The van der Waals surface area contributed by atoms with Crippen molar-refractivity contribution < 1.29 is 68.4 Å². The van der Waals surface area contributed by atoms with Gasteiger partial charge in [0.15, 0.2) is 0 Å². The Hall–Kier alpha value is -1.16. The first kappa shape index (κ1) is 22.1. The summed E-state index contributed by atoms with van der Waals surface area (Å²) in [6.07, 6.45) is 0. The first-order valence-corrected chi connectivity index (χ1v) is 4.18. The molecule has 10 heteroatoms. The average molecular weight is 273 g/mol. The molecule has 0 atom stereocenters. The van der Waals surface area contributed by atoms with E-state index in [1.807, 2.05) is 0 Å². The minimum absolute atomic E-state index is 0. The zero-order valence-electron chi connectivity index (χ0n) is 10.7. The van der Waals surface area contributed by atoms with E-state index in [2.05, 4.69) is 14.5 Å². The Balaban J connectivity index is -0.000000392. The number of nitrogens with zero attached hydrogens (tertiary/aromatic N) is 1. The molecule has 9 nitrogen and oxygen atoms in total. The fraction of sp³-hybridized carbons (Fsp3) is 0.500. The normalized spacial score (nSPS) is 8.06. The SMILES string of the molecule is CC(=O)ON(OC(C)=O)OC(C)=O.CC(=O)[O-].[Na+]. The van der Waals surface area contributed by atoms with Crippen LogP contribution < -0.4 is 34.7 Å². The minimum Gasteiger partial charge on any atom is -0.550 e. The largest absolute Gasteiger partial charge is 1.00 e. The second-order valence-corrected chi connectivity index (χ2v) is 2.46. The number of carbonyl (C=O) groups excluding carboxylic acids is 4. The maximum atomic E-state index is 10.4. The Kier molecular flexibility index (Phi) is 15.1. The van der Waals surface area contributed by atoms with Crippen LogP contribution in [0, 0.1) is 0 Å². The van der Waals surface area contributed by atoms with Crippen molar-refractivity contribution in [2.75, 3.05) is 0 Å². The van der Waals surface area contributed by atoms with E-state index in [4.69, 9.17) is 9.90 Å². The number of hydrogen-bond donors (Lipinski definition) is 0. The molecule has 0 heterocycles. The smallest absolute Gasteiger partial charge is 0.550 e. The minimum atomic E-state index is -1.08. The van der Waals surface area contributed by atoms with Gasteiger partial charge in [-0.15, -0.1) is 0 Å². The van der Waals surface area contributed by atoms with Crippen molar-refractivity contribution in [3.63, 3.8) is 0 Å². The van der Waals surface area contributed by atoms with Gasteiger partial charge < -0.3 is 24.4 Å². The van der Waals surface area contributed by atoms with E-state index < -0.39 is 23.9 Å². The summed E-state index contributed by atoms with van der Waals surface area (Å²) in [6.45, 7) is 4.14. The van der Waals surface area contributed by atoms with Gasteiger partial charge in [-0.3, -0.25) is 14.4 Å². The van der Waals surface area contributed by atoms with Crippen LogP contribution in [-0.2, 0) is 33.7 Å². The number of carboxylic acid groups (broad SMARTS) is 1. The van der Waals surface area contributed by atoms with Gasteiger partial charge in [0, 0.05) is 26.7 Å². The van der Waals surface area contributed by atoms with E-state index in [-0.39, 0.29) is 34.9 Å². The molecule has 0 amide bonds. The van der Waals surface area contributed by atoms with Crippen molar-refractivity contribution in [1.82, 2.24) is 5.39 Å². The third-order valence-electron chi connectivity index (χ3n) is 0.609. The van der Waals surface area contributed by atoms with Gasteiger partial charge in [-0.2, -0.15) is 0 Å². The molecule has 0 aliphatic carbocycles. The van der Waals surface area contributed by atoms with Gasteiger partial charge in [-0.25, -0.2) is 0 Å². The van der Waals surface area contributed by atoms with Crippen LogP contribution >= 0.6 is 0 Å². The van der Waals surface area contributed by atoms with Crippen LogP contribution in [0.2, 0.25) is 0 Å². The summed E-state index contributed by atoms with van der Waals surface area (Å²) in [7, 11) is 0. The molecule has 0 spiro atoms. The summed E-state index contributed by atoms with van der Waals surface area (Å²) in [4.78, 5) is 52.5. The molecule has 0 saturated heterocycles. The standard InChI is InChI=1S/C6H9NO6.C2H4O2.Na/c1-4(8)11-7(12-5(2)9)13-6(3)10;1-2(3)4;/h1-3H3;1H3,(H,3,4);/q;;+1/p-1. The van der Waals surface area contributed by atoms with Crippen molar-refractivity contribution in [2.45, 2.75) is 27.7 Å². The molecule has 0 radical (unpaired) electrons. The van der Waals surface area contributed by atoms with Crippen molar-refractivity contribution in [3.8, 4) is 0 Å². The van der Waals surface area contributed by atoms with Gasteiger partial charge in [-0.05, 0) is 6.92 Å². The van der Waals surface area contributed by atoms with Crippen molar-refractivity contribution in [3.05, 3.63) is 0 Å². The second kappa shape index (κ2) is 12.3. The molecule has 98 valence electrons. The first-order valence-electron chi connectivity index (χ1n) is 4.18. The van der Waals surface area contributed by atoms with Crippen LogP contribution in [-0.4, -0.2) is 29.3 Å². The third kappa shape index (κ3) is 24.2. The van der Waals surface area contributed by atoms with E-state index in [1.165, 1.54) is 0 Å². The number of rotatable bonds is 3. The Morgan fingerprint density at radius 3 is 1.06 bits per heavy atom. The number of carbonyl (C=O) groups is 4. The van der Waals surface area contributed by atoms with Crippen LogP contribution in [0.3, 0.4) is 0 Å². The number of hydrogen-bond acceptors (Lipinski definition) is 9. The fourth-order valence-electron chi connectivity index (χ4n) is 0.371. The van der Waals surface area contributed by atoms with Gasteiger partial charge in [0.05, 0.1) is 0 Å². The maximum absolute atomic E-state index is 10.4. The Labute approximate surface area is 125 Å². The molecule has 0 unspecified atom stereocenters. The summed E-state index contributed by atoms with van der Waals surface area (Å²) in [5.74, 6) is -3.45. The van der Waals surface area contributed by atoms with E-state index in [9.17, 15) is 14.4 Å². The van der Waals surface area contributed by atoms with E-state index in [0.717, 1.165) is 27.7 Å². The molecule has 0 aliphatic rings. The molecule has 0 bridgehead atoms. The summed E-state index contributed by atoms with van der Waals surface area (Å²) in [6, 6.07) is 0. The van der Waals surface area contributed by atoms with Crippen LogP contribution in [0.25, 0.3) is 0 Å². The molecule has 0 aromatic carbocycles. The monoisotopic (exact) mass is 273 g/mol. The number of aliphatic carboxylic acids is 1. The van der Waals surface area contributed by atoms with Crippen molar-refractivity contribution in [1.29, 1.82) is 0 Å². The summed E-state index contributed by atoms with van der Waals surface area (Å²) >= 11 is 0. The zero-order valence-corrected chi connectivity index (χ0v) is 12.7. The molecule has 0 N–H and O–H groups in total. The van der Waals surface area contributed by atoms with Crippen molar-refractivity contribution in [2.24, 2.45) is 0 Å². The van der Waals surface area contributed by atoms with E-state index >= 15 is 0 Å². The van der Waals surface area contributed by atoms with Crippen molar-refractivity contribution >= 4 is 23.9 Å². The summed E-state index contributed by atoms with van der Waals surface area (Å²) in [5.41, 5.74) is 0. The predicted molar refractivity (Wildman–Crippen MR) is 47.8 cm³/mol. The van der Waals surface area contributed by atoms with E-state index in [0.29, 0.717) is 0 Å². The first-order chi connectivity index (χ1) is 7.65. The molecule has 0 aliphatic heterocycles. The summed E-state index contributed by atoms with van der Waals surface area (Å²) in [5, 5.41) is 8.94. The van der Waals surface area contributed by atoms with Gasteiger partial charge >= 0.3 is 47.5 Å².